The fourth-order valence-corrected chi connectivity index (χ4v) is 3.46. The summed E-state index contributed by atoms with van der Waals surface area (Å²) in [5, 5.41) is 15.1. The molecule has 5 rings (SSSR count). The van der Waals surface area contributed by atoms with Gasteiger partial charge in [-0.1, -0.05) is 23.4 Å². The Balaban J connectivity index is 1.46. The molecular weight excluding hydrogens is 422 g/mol. The lowest BCUT2D eigenvalue weighted by Crippen LogP contribution is -2.18. The van der Waals surface area contributed by atoms with Gasteiger partial charge in [0.05, 0.1) is 24.2 Å². The molecule has 5 aromatic rings. The maximum Gasteiger partial charge on any atom is 0.276 e. The average Bonchev–Trinajstić information content (AvgIpc) is 3.40. The Kier molecular flexibility index (Phi) is 4.90. The minimum Gasteiger partial charge on any atom is -0.479 e. The number of amides is 1. The number of anilines is 2. The lowest BCUT2D eigenvalue weighted by atomic mass is 10.1. The van der Waals surface area contributed by atoms with E-state index in [9.17, 15) is 4.79 Å². The van der Waals surface area contributed by atoms with E-state index in [1.807, 2.05) is 42.5 Å². The van der Waals surface area contributed by atoms with E-state index in [1.165, 1.54) is 11.8 Å². The number of rotatable bonds is 5. The molecule has 0 atom stereocenters. The number of fused-ring (bicyclic) bond motifs is 1. The van der Waals surface area contributed by atoms with Gasteiger partial charge in [-0.2, -0.15) is 4.98 Å². The molecular formula is C22H19N9O2. The molecule has 4 aromatic heterocycles. The van der Waals surface area contributed by atoms with Crippen LogP contribution in [-0.4, -0.2) is 47.6 Å². The molecule has 3 N–H and O–H groups in total. The summed E-state index contributed by atoms with van der Waals surface area (Å²) in [4.78, 5) is 21.9. The standard InChI is InChI=1S/C22H19N9O2/c1-13-19(31(29-27-13)15-6-4-3-5-7-15)20(32)24-17-9-8-16(25-21(17)33-2)14-10-11-30-18(12-14)26-22(23)28-30/h3-12H,1-2H3,(H2,23,28)(H,24,32). The number of nitrogens with two attached hydrogens (primary N) is 1. The van der Waals surface area contributed by atoms with E-state index < -0.39 is 0 Å². The van der Waals surface area contributed by atoms with Crippen molar-refractivity contribution in [3.05, 3.63) is 72.2 Å². The van der Waals surface area contributed by atoms with Gasteiger partial charge in [0.1, 0.15) is 5.69 Å². The molecule has 0 aliphatic carbocycles. The molecule has 33 heavy (non-hydrogen) atoms. The summed E-state index contributed by atoms with van der Waals surface area (Å²) < 4.78 is 8.52. The lowest BCUT2D eigenvalue weighted by molar-refractivity contribution is 0.101. The van der Waals surface area contributed by atoms with Crippen LogP contribution >= 0.6 is 0 Å². The summed E-state index contributed by atoms with van der Waals surface area (Å²) in [7, 11) is 1.49. The minimum absolute atomic E-state index is 0.190. The number of benzene rings is 1. The van der Waals surface area contributed by atoms with E-state index in [0.29, 0.717) is 28.4 Å². The molecule has 0 unspecified atom stereocenters. The van der Waals surface area contributed by atoms with Crippen molar-refractivity contribution in [1.29, 1.82) is 0 Å². The quantitative estimate of drug-likeness (QED) is 0.424. The Morgan fingerprint density at radius 3 is 2.70 bits per heavy atom. The molecule has 0 spiro atoms. The highest BCUT2D eigenvalue weighted by atomic mass is 16.5. The van der Waals surface area contributed by atoms with Crippen LogP contribution in [0.3, 0.4) is 0 Å². The van der Waals surface area contributed by atoms with Gasteiger partial charge in [-0.05, 0) is 43.3 Å². The maximum absolute atomic E-state index is 13.1. The fourth-order valence-electron chi connectivity index (χ4n) is 3.46. The molecule has 0 saturated heterocycles. The Labute approximate surface area is 187 Å². The molecule has 4 heterocycles. The number of aryl methyl sites for hydroxylation is 1. The summed E-state index contributed by atoms with van der Waals surface area (Å²) in [6.45, 7) is 1.73. The van der Waals surface area contributed by atoms with Crippen LogP contribution in [0.5, 0.6) is 5.88 Å². The number of hydrogen-bond donors (Lipinski definition) is 2. The zero-order valence-corrected chi connectivity index (χ0v) is 17.8. The number of pyridine rings is 2. The number of hydrogen-bond acceptors (Lipinski definition) is 8. The second-order valence-electron chi connectivity index (χ2n) is 7.17. The van der Waals surface area contributed by atoms with Crippen molar-refractivity contribution in [3.8, 4) is 22.8 Å². The number of ether oxygens (including phenoxy) is 1. The van der Waals surface area contributed by atoms with Gasteiger partial charge in [-0.3, -0.25) is 4.79 Å². The van der Waals surface area contributed by atoms with Crippen LogP contribution in [0, 0.1) is 6.92 Å². The highest BCUT2D eigenvalue weighted by Gasteiger charge is 2.21. The first-order valence-corrected chi connectivity index (χ1v) is 10.00. The van der Waals surface area contributed by atoms with Gasteiger partial charge in [0.15, 0.2) is 11.3 Å². The number of nitrogen functional groups attached to an aromatic ring is 1. The Bertz CT molecular complexity index is 1470. The summed E-state index contributed by atoms with van der Waals surface area (Å²) in [5.41, 5.74) is 9.66. The third-order valence-corrected chi connectivity index (χ3v) is 5.01. The van der Waals surface area contributed by atoms with Gasteiger partial charge < -0.3 is 15.8 Å². The number of aromatic nitrogens is 7. The largest absolute Gasteiger partial charge is 0.479 e. The van der Waals surface area contributed by atoms with Crippen molar-refractivity contribution in [3.63, 3.8) is 0 Å². The lowest BCUT2D eigenvalue weighted by Gasteiger charge is -2.12. The van der Waals surface area contributed by atoms with E-state index in [4.69, 9.17) is 10.5 Å². The van der Waals surface area contributed by atoms with Gasteiger partial charge in [-0.25, -0.2) is 14.2 Å². The summed E-state index contributed by atoms with van der Waals surface area (Å²) in [6, 6.07) is 16.5. The number of methoxy groups -OCH3 is 1. The second kappa shape index (κ2) is 8.04. The van der Waals surface area contributed by atoms with Crippen LogP contribution in [0.2, 0.25) is 0 Å². The minimum atomic E-state index is -0.380. The Morgan fingerprint density at radius 2 is 1.91 bits per heavy atom. The highest BCUT2D eigenvalue weighted by molar-refractivity contribution is 6.04. The second-order valence-corrected chi connectivity index (χ2v) is 7.17. The normalized spacial score (nSPS) is 11.0. The first kappa shape index (κ1) is 20.1. The Hall–Kier alpha value is -4.80. The number of carbonyl (C=O) groups is 1. The summed E-state index contributed by atoms with van der Waals surface area (Å²) in [5.74, 6) is 0.0722. The molecule has 0 bridgehead atoms. The third-order valence-electron chi connectivity index (χ3n) is 5.01. The SMILES string of the molecule is COc1nc(-c2ccn3nc(N)nc3c2)ccc1NC(=O)c1c(C)nnn1-c1ccccc1. The molecule has 0 fully saturated rings. The van der Waals surface area contributed by atoms with Gasteiger partial charge in [0.25, 0.3) is 5.91 Å². The van der Waals surface area contributed by atoms with Crippen molar-refractivity contribution in [2.24, 2.45) is 0 Å². The van der Waals surface area contributed by atoms with Gasteiger partial charge >= 0.3 is 0 Å². The monoisotopic (exact) mass is 441 g/mol. The molecule has 0 aliphatic rings. The number of nitrogens with one attached hydrogen (secondary N) is 1. The first-order valence-electron chi connectivity index (χ1n) is 10.00. The van der Waals surface area contributed by atoms with Crippen molar-refractivity contribution in [1.82, 2.24) is 34.6 Å². The Morgan fingerprint density at radius 1 is 1.09 bits per heavy atom. The maximum atomic E-state index is 13.1. The van der Waals surface area contributed by atoms with Crippen LogP contribution in [0.25, 0.3) is 22.6 Å². The summed E-state index contributed by atoms with van der Waals surface area (Å²) in [6.07, 6.45) is 1.75. The number of para-hydroxylation sites is 1. The van der Waals surface area contributed by atoms with Crippen LogP contribution in [-0.2, 0) is 0 Å². The predicted octanol–water partition coefficient (Wildman–Crippen LogP) is 2.52. The first-order chi connectivity index (χ1) is 16.0. The van der Waals surface area contributed by atoms with Gasteiger partial charge in [-0.15, -0.1) is 10.2 Å². The fraction of sp³-hybridized carbons (Fsp3) is 0.0909. The predicted molar refractivity (Wildman–Crippen MR) is 121 cm³/mol. The molecule has 1 aromatic carbocycles. The molecule has 0 saturated carbocycles. The smallest absolute Gasteiger partial charge is 0.276 e. The third kappa shape index (κ3) is 3.71. The zero-order chi connectivity index (χ0) is 22.9. The molecule has 0 radical (unpaired) electrons. The van der Waals surface area contributed by atoms with Crippen molar-refractivity contribution < 1.29 is 9.53 Å². The van der Waals surface area contributed by atoms with E-state index in [-0.39, 0.29) is 17.7 Å². The molecule has 0 aliphatic heterocycles. The van der Waals surface area contributed by atoms with Crippen LogP contribution in [0.1, 0.15) is 16.2 Å². The van der Waals surface area contributed by atoms with Crippen molar-refractivity contribution in [2.45, 2.75) is 6.92 Å². The van der Waals surface area contributed by atoms with Gasteiger partial charge in [0.2, 0.25) is 11.8 Å². The number of carbonyl (C=O) groups excluding carboxylic acids is 1. The molecule has 164 valence electrons. The van der Waals surface area contributed by atoms with Crippen molar-refractivity contribution in [2.75, 3.05) is 18.2 Å². The molecule has 11 heteroatoms. The van der Waals surface area contributed by atoms with Crippen LogP contribution in [0.4, 0.5) is 11.6 Å². The van der Waals surface area contributed by atoms with Crippen LogP contribution < -0.4 is 15.8 Å². The topological polar surface area (TPSA) is 138 Å². The van der Waals surface area contributed by atoms with E-state index in [2.05, 4.69) is 30.7 Å². The average molecular weight is 441 g/mol. The van der Waals surface area contributed by atoms with E-state index in [0.717, 1.165) is 11.3 Å². The highest BCUT2D eigenvalue weighted by Crippen LogP contribution is 2.28. The summed E-state index contributed by atoms with van der Waals surface area (Å²) >= 11 is 0. The van der Waals surface area contributed by atoms with Crippen molar-refractivity contribution >= 4 is 23.2 Å². The van der Waals surface area contributed by atoms with E-state index >= 15 is 0 Å². The molecule has 11 nitrogen and oxygen atoms in total. The van der Waals surface area contributed by atoms with Crippen LogP contribution in [0.15, 0.2) is 60.8 Å². The molecule has 1 amide bonds. The van der Waals surface area contributed by atoms with E-state index in [1.54, 1.807) is 29.8 Å². The zero-order valence-electron chi connectivity index (χ0n) is 17.8. The van der Waals surface area contributed by atoms with Gasteiger partial charge in [0, 0.05) is 11.8 Å². The number of nitrogens with zero attached hydrogens (tertiary/aromatic N) is 7.